The summed E-state index contributed by atoms with van der Waals surface area (Å²) in [6, 6.07) is 2.49. The Bertz CT molecular complexity index is 402. The Morgan fingerprint density at radius 3 is 2.76 bits per heavy atom. The van der Waals surface area contributed by atoms with E-state index in [9.17, 15) is 0 Å². The Balaban J connectivity index is 2.34. The molecule has 1 saturated heterocycles. The molecule has 94 valence electrons. The van der Waals surface area contributed by atoms with Gasteiger partial charge in [0.25, 0.3) is 0 Å². The number of rotatable bonds is 1. The summed E-state index contributed by atoms with van der Waals surface area (Å²) in [6.07, 6.45) is 3.15. The van der Waals surface area contributed by atoms with E-state index in [1.807, 2.05) is 19.2 Å². The van der Waals surface area contributed by atoms with Gasteiger partial charge in [-0.05, 0) is 43.7 Å². The second-order valence-corrected chi connectivity index (χ2v) is 5.58. The lowest BCUT2D eigenvalue weighted by atomic mass is 9.86. The minimum Gasteiger partial charge on any atom is -0.396 e. The summed E-state index contributed by atoms with van der Waals surface area (Å²) in [5.41, 5.74) is 8.11. The summed E-state index contributed by atoms with van der Waals surface area (Å²) < 4.78 is 0. The van der Waals surface area contributed by atoms with Crippen LogP contribution in [0.2, 0.25) is 0 Å². The standard InChI is InChI=1S/C14H23N3/c1-9-7-11(3)12(4)17(8-9)14-13(15)10(2)5-6-16-14/h5-6,9,11-12H,7-8,15H2,1-4H3. The predicted molar refractivity (Wildman–Crippen MR) is 73.1 cm³/mol. The summed E-state index contributed by atoms with van der Waals surface area (Å²) in [7, 11) is 0. The van der Waals surface area contributed by atoms with Crippen molar-refractivity contribution in [2.45, 2.75) is 40.2 Å². The third-order valence-electron chi connectivity index (χ3n) is 4.06. The number of pyridine rings is 1. The Hall–Kier alpha value is -1.25. The van der Waals surface area contributed by atoms with Gasteiger partial charge < -0.3 is 10.6 Å². The highest BCUT2D eigenvalue weighted by molar-refractivity contribution is 5.66. The van der Waals surface area contributed by atoms with Crippen LogP contribution in [0.3, 0.4) is 0 Å². The molecule has 0 radical (unpaired) electrons. The van der Waals surface area contributed by atoms with Crippen molar-refractivity contribution in [1.29, 1.82) is 0 Å². The highest BCUT2D eigenvalue weighted by atomic mass is 15.2. The van der Waals surface area contributed by atoms with Crippen molar-refractivity contribution >= 4 is 11.5 Å². The van der Waals surface area contributed by atoms with Crippen LogP contribution in [0.15, 0.2) is 12.3 Å². The first kappa shape index (κ1) is 12.2. The van der Waals surface area contributed by atoms with Crippen LogP contribution in [0.5, 0.6) is 0 Å². The van der Waals surface area contributed by atoms with Gasteiger partial charge in [0, 0.05) is 18.8 Å². The van der Waals surface area contributed by atoms with Crippen LogP contribution >= 0.6 is 0 Å². The molecule has 0 spiro atoms. The molecule has 1 aliphatic rings. The molecule has 2 N–H and O–H groups in total. The largest absolute Gasteiger partial charge is 0.396 e. The molecule has 1 aromatic rings. The van der Waals surface area contributed by atoms with Gasteiger partial charge in [-0.3, -0.25) is 0 Å². The second kappa shape index (κ2) is 4.55. The van der Waals surface area contributed by atoms with Crippen LogP contribution < -0.4 is 10.6 Å². The molecule has 2 rings (SSSR count). The van der Waals surface area contributed by atoms with Gasteiger partial charge in [0.1, 0.15) is 0 Å². The topological polar surface area (TPSA) is 42.2 Å². The zero-order valence-electron chi connectivity index (χ0n) is 11.3. The van der Waals surface area contributed by atoms with Crippen LogP contribution in [0.25, 0.3) is 0 Å². The van der Waals surface area contributed by atoms with E-state index in [-0.39, 0.29) is 0 Å². The van der Waals surface area contributed by atoms with Crippen molar-refractivity contribution in [1.82, 2.24) is 4.98 Å². The number of piperidine rings is 1. The van der Waals surface area contributed by atoms with Gasteiger partial charge >= 0.3 is 0 Å². The number of nitrogen functional groups attached to an aromatic ring is 1. The van der Waals surface area contributed by atoms with Gasteiger partial charge in [-0.1, -0.05) is 13.8 Å². The molecule has 0 bridgehead atoms. The Kier molecular flexibility index (Phi) is 3.27. The molecule has 0 amide bonds. The number of hydrogen-bond donors (Lipinski definition) is 1. The lowest BCUT2D eigenvalue weighted by Crippen LogP contribution is -2.46. The fourth-order valence-corrected chi connectivity index (χ4v) is 2.78. The van der Waals surface area contributed by atoms with Gasteiger partial charge in [-0.15, -0.1) is 0 Å². The monoisotopic (exact) mass is 233 g/mol. The van der Waals surface area contributed by atoms with Crippen molar-refractivity contribution in [3.8, 4) is 0 Å². The number of anilines is 2. The maximum Gasteiger partial charge on any atom is 0.152 e. The molecular formula is C14H23N3. The second-order valence-electron chi connectivity index (χ2n) is 5.58. The molecule has 0 saturated carbocycles. The number of nitrogens with zero attached hydrogens (tertiary/aromatic N) is 2. The average Bonchev–Trinajstić information content (AvgIpc) is 2.27. The van der Waals surface area contributed by atoms with Crippen molar-refractivity contribution in [3.05, 3.63) is 17.8 Å². The first-order chi connectivity index (χ1) is 8.00. The third-order valence-corrected chi connectivity index (χ3v) is 4.06. The molecule has 3 nitrogen and oxygen atoms in total. The van der Waals surface area contributed by atoms with Gasteiger partial charge in [0.15, 0.2) is 5.82 Å². The van der Waals surface area contributed by atoms with E-state index in [1.54, 1.807) is 0 Å². The van der Waals surface area contributed by atoms with Crippen molar-refractivity contribution in [3.63, 3.8) is 0 Å². The molecule has 3 atom stereocenters. The Morgan fingerprint density at radius 2 is 2.06 bits per heavy atom. The van der Waals surface area contributed by atoms with Crippen molar-refractivity contribution in [2.75, 3.05) is 17.2 Å². The van der Waals surface area contributed by atoms with E-state index < -0.39 is 0 Å². The van der Waals surface area contributed by atoms with Crippen LogP contribution in [0, 0.1) is 18.8 Å². The molecule has 0 aliphatic carbocycles. The summed E-state index contributed by atoms with van der Waals surface area (Å²) in [6.45, 7) is 10.0. The molecule has 1 aromatic heterocycles. The molecule has 1 fully saturated rings. The van der Waals surface area contributed by atoms with E-state index in [4.69, 9.17) is 5.73 Å². The van der Waals surface area contributed by atoms with Gasteiger partial charge in [0.2, 0.25) is 0 Å². The molecule has 2 heterocycles. The number of nitrogens with two attached hydrogens (primary N) is 1. The van der Waals surface area contributed by atoms with Crippen LogP contribution in [0.4, 0.5) is 11.5 Å². The highest BCUT2D eigenvalue weighted by Gasteiger charge is 2.30. The molecule has 3 heteroatoms. The zero-order valence-corrected chi connectivity index (χ0v) is 11.3. The zero-order chi connectivity index (χ0) is 12.6. The van der Waals surface area contributed by atoms with Crippen LogP contribution in [-0.4, -0.2) is 17.6 Å². The quantitative estimate of drug-likeness (QED) is 0.811. The van der Waals surface area contributed by atoms with E-state index >= 15 is 0 Å². The molecular weight excluding hydrogens is 210 g/mol. The minimum absolute atomic E-state index is 0.516. The summed E-state index contributed by atoms with van der Waals surface area (Å²) in [5, 5.41) is 0. The third kappa shape index (κ3) is 2.24. The van der Waals surface area contributed by atoms with Crippen molar-refractivity contribution in [2.24, 2.45) is 11.8 Å². The van der Waals surface area contributed by atoms with E-state index in [0.717, 1.165) is 23.6 Å². The highest BCUT2D eigenvalue weighted by Crippen LogP contribution is 2.33. The van der Waals surface area contributed by atoms with Gasteiger partial charge in [-0.2, -0.15) is 0 Å². The lowest BCUT2D eigenvalue weighted by molar-refractivity contribution is 0.295. The van der Waals surface area contributed by atoms with E-state index in [0.29, 0.717) is 17.9 Å². The predicted octanol–water partition coefficient (Wildman–Crippen LogP) is 2.84. The van der Waals surface area contributed by atoms with E-state index in [1.165, 1.54) is 6.42 Å². The average molecular weight is 233 g/mol. The minimum atomic E-state index is 0.516. The molecule has 1 aliphatic heterocycles. The maximum absolute atomic E-state index is 6.16. The number of hydrogen-bond acceptors (Lipinski definition) is 3. The first-order valence-electron chi connectivity index (χ1n) is 6.48. The van der Waals surface area contributed by atoms with Crippen LogP contribution in [0.1, 0.15) is 32.8 Å². The van der Waals surface area contributed by atoms with Gasteiger partial charge in [-0.25, -0.2) is 4.98 Å². The maximum atomic E-state index is 6.16. The summed E-state index contributed by atoms with van der Waals surface area (Å²) in [4.78, 5) is 6.86. The molecule has 17 heavy (non-hydrogen) atoms. The number of aryl methyl sites for hydroxylation is 1. The fraction of sp³-hybridized carbons (Fsp3) is 0.643. The normalized spacial score (nSPS) is 29.4. The van der Waals surface area contributed by atoms with Crippen LogP contribution in [-0.2, 0) is 0 Å². The van der Waals surface area contributed by atoms with Gasteiger partial charge in [0.05, 0.1) is 5.69 Å². The van der Waals surface area contributed by atoms with Crippen molar-refractivity contribution < 1.29 is 0 Å². The fourth-order valence-electron chi connectivity index (χ4n) is 2.78. The smallest absolute Gasteiger partial charge is 0.152 e. The Morgan fingerprint density at radius 1 is 1.35 bits per heavy atom. The summed E-state index contributed by atoms with van der Waals surface area (Å²) >= 11 is 0. The lowest BCUT2D eigenvalue weighted by Gasteiger charge is -2.42. The number of aromatic nitrogens is 1. The molecule has 3 unspecified atom stereocenters. The SMILES string of the molecule is Cc1ccnc(N2CC(C)CC(C)C2C)c1N. The Labute approximate surface area is 104 Å². The first-order valence-corrected chi connectivity index (χ1v) is 6.48. The summed E-state index contributed by atoms with van der Waals surface area (Å²) in [5.74, 6) is 2.37. The molecule has 0 aromatic carbocycles. The van der Waals surface area contributed by atoms with E-state index in [2.05, 4.69) is 30.7 Å².